The van der Waals surface area contributed by atoms with Crippen LogP contribution in [0.25, 0.3) is 0 Å². The van der Waals surface area contributed by atoms with Crippen LogP contribution >= 0.6 is 0 Å². The molecule has 1 aromatic rings. The molecule has 1 atom stereocenters. The van der Waals surface area contributed by atoms with Crippen LogP contribution in [-0.4, -0.2) is 29.7 Å². The second-order valence-electron chi connectivity index (χ2n) is 2.99. The van der Waals surface area contributed by atoms with E-state index in [1.165, 1.54) is 0 Å². The summed E-state index contributed by atoms with van der Waals surface area (Å²) in [6.07, 6.45) is 1.72. The molecule has 1 aliphatic rings. The van der Waals surface area contributed by atoms with Gasteiger partial charge in [0.1, 0.15) is 0 Å². The Hall–Kier alpha value is -0.870. The fraction of sp³-hybridized carbons (Fsp3) is 0.625. The molecule has 0 saturated carbocycles. The van der Waals surface area contributed by atoms with Gasteiger partial charge in [-0.15, -0.1) is 0 Å². The Morgan fingerprint density at radius 1 is 1.67 bits per heavy atom. The SMILES string of the molecule is Cc1[nH]cnc1C1COCCN1. The average molecular weight is 167 g/mol. The van der Waals surface area contributed by atoms with Gasteiger partial charge in [-0.05, 0) is 6.92 Å². The maximum atomic E-state index is 5.34. The van der Waals surface area contributed by atoms with Gasteiger partial charge in [0.2, 0.25) is 0 Å². The molecular weight excluding hydrogens is 154 g/mol. The van der Waals surface area contributed by atoms with Crippen LogP contribution in [0.4, 0.5) is 0 Å². The molecule has 0 radical (unpaired) electrons. The first-order chi connectivity index (χ1) is 5.88. The van der Waals surface area contributed by atoms with Crippen molar-refractivity contribution in [3.63, 3.8) is 0 Å². The third kappa shape index (κ3) is 1.35. The summed E-state index contributed by atoms with van der Waals surface area (Å²) in [5.41, 5.74) is 2.20. The van der Waals surface area contributed by atoms with Gasteiger partial charge in [0.05, 0.1) is 31.3 Å². The number of hydrogen-bond donors (Lipinski definition) is 2. The molecule has 4 heteroatoms. The fourth-order valence-corrected chi connectivity index (χ4v) is 1.46. The summed E-state index contributed by atoms with van der Waals surface area (Å²) in [7, 11) is 0. The van der Waals surface area contributed by atoms with Crippen molar-refractivity contribution in [1.82, 2.24) is 15.3 Å². The summed E-state index contributed by atoms with van der Waals surface area (Å²) in [4.78, 5) is 7.30. The largest absolute Gasteiger partial charge is 0.378 e. The molecule has 1 fully saturated rings. The molecule has 2 rings (SSSR count). The maximum Gasteiger partial charge on any atom is 0.0925 e. The minimum absolute atomic E-state index is 0.269. The predicted molar refractivity (Wildman–Crippen MR) is 44.9 cm³/mol. The van der Waals surface area contributed by atoms with Crippen molar-refractivity contribution in [2.24, 2.45) is 0 Å². The number of nitrogens with one attached hydrogen (secondary N) is 2. The highest BCUT2D eigenvalue weighted by Crippen LogP contribution is 2.15. The number of imidazole rings is 1. The molecule has 12 heavy (non-hydrogen) atoms. The van der Waals surface area contributed by atoms with Gasteiger partial charge >= 0.3 is 0 Å². The highest BCUT2D eigenvalue weighted by Gasteiger charge is 2.18. The molecule has 1 saturated heterocycles. The van der Waals surface area contributed by atoms with Crippen molar-refractivity contribution in [3.05, 3.63) is 17.7 Å². The Bertz CT molecular complexity index is 253. The van der Waals surface area contributed by atoms with Crippen LogP contribution in [0.5, 0.6) is 0 Å². The minimum Gasteiger partial charge on any atom is -0.378 e. The second kappa shape index (κ2) is 3.25. The van der Waals surface area contributed by atoms with Crippen molar-refractivity contribution in [3.8, 4) is 0 Å². The van der Waals surface area contributed by atoms with Crippen LogP contribution in [-0.2, 0) is 4.74 Å². The Morgan fingerprint density at radius 3 is 3.17 bits per heavy atom. The minimum atomic E-state index is 0.269. The standard InChI is InChI=1S/C8H13N3O/c1-6-8(11-5-10-6)7-4-12-3-2-9-7/h5,7,9H,2-4H2,1H3,(H,10,11). The number of ether oxygens (including phenoxy) is 1. The molecule has 0 spiro atoms. The summed E-state index contributed by atoms with van der Waals surface area (Å²) in [6.45, 7) is 4.47. The van der Waals surface area contributed by atoms with Gasteiger partial charge in [-0.1, -0.05) is 0 Å². The smallest absolute Gasteiger partial charge is 0.0925 e. The predicted octanol–water partition coefficient (Wildman–Crippen LogP) is 0.379. The van der Waals surface area contributed by atoms with Crippen LogP contribution in [0, 0.1) is 6.92 Å². The van der Waals surface area contributed by atoms with Gasteiger partial charge in [0.25, 0.3) is 0 Å². The normalized spacial score (nSPS) is 24.2. The zero-order chi connectivity index (χ0) is 8.39. The molecule has 0 aromatic carbocycles. The molecule has 1 aromatic heterocycles. The van der Waals surface area contributed by atoms with E-state index in [1.807, 2.05) is 6.92 Å². The van der Waals surface area contributed by atoms with E-state index >= 15 is 0 Å². The van der Waals surface area contributed by atoms with Crippen LogP contribution in [0.3, 0.4) is 0 Å². The third-order valence-electron chi connectivity index (χ3n) is 2.12. The second-order valence-corrected chi connectivity index (χ2v) is 2.99. The van der Waals surface area contributed by atoms with Gasteiger partial charge < -0.3 is 15.0 Å². The van der Waals surface area contributed by atoms with Crippen LogP contribution < -0.4 is 5.32 Å². The Balaban J connectivity index is 2.13. The quantitative estimate of drug-likeness (QED) is 0.635. The summed E-state index contributed by atoms with van der Waals surface area (Å²) in [5, 5.41) is 3.35. The van der Waals surface area contributed by atoms with Crippen molar-refractivity contribution in [2.75, 3.05) is 19.8 Å². The molecule has 0 bridgehead atoms. The number of morpholine rings is 1. The lowest BCUT2D eigenvalue weighted by molar-refractivity contribution is 0.0755. The summed E-state index contributed by atoms with van der Waals surface area (Å²) in [6, 6.07) is 0.269. The number of nitrogens with zero attached hydrogens (tertiary/aromatic N) is 1. The van der Waals surface area contributed by atoms with Gasteiger partial charge in [0.15, 0.2) is 0 Å². The van der Waals surface area contributed by atoms with Crippen LogP contribution in [0.1, 0.15) is 17.4 Å². The number of H-pyrrole nitrogens is 1. The van der Waals surface area contributed by atoms with E-state index in [0.717, 1.165) is 31.1 Å². The Morgan fingerprint density at radius 2 is 2.58 bits per heavy atom. The maximum absolute atomic E-state index is 5.34. The average Bonchev–Trinajstić information content (AvgIpc) is 2.53. The van der Waals surface area contributed by atoms with E-state index in [2.05, 4.69) is 15.3 Å². The topological polar surface area (TPSA) is 49.9 Å². The number of rotatable bonds is 1. The van der Waals surface area contributed by atoms with Crippen molar-refractivity contribution >= 4 is 0 Å². The van der Waals surface area contributed by atoms with E-state index in [4.69, 9.17) is 4.74 Å². The third-order valence-corrected chi connectivity index (χ3v) is 2.12. The molecule has 1 aliphatic heterocycles. The van der Waals surface area contributed by atoms with E-state index in [-0.39, 0.29) is 6.04 Å². The first-order valence-electron chi connectivity index (χ1n) is 4.19. The molecule has 1 unspecified atom stereocenters. The number of aromatic amines is 1. The number of aryl methyl sites for hydroxylation is 1. The lowest BCUT2D eigenvalue weighted by Gasteiger charge is -2.22. The fourth-order valence-electron chi connectivity index (χ4n) is 1.46. The molecule has 66 valence electrons. The van der Waals surface area contributed by atoms with Crippen LogP contribution in [0.15, 0.2) is 6.33 Å². The number of aromatic nitrogens is 2. The first-order valence-corrected chi connectivity index (χ1v) is 4.19. The molecule has 0 amide bonds. The summed E-state index contributed by atoms with van der Waals surface area (Å²) >= 11 is 0. The molecular formula is C8H13N3O. The molecule has 4 nitrogen and oxygen atoms in total. The Kier molecular flexibility index (Phi) is 2.10. The van der Waals surface area contributed by atoms with Crippen molar-refractivity contribution in [2.45, 2.75) is 13.0 Å². The van der Waals surface area contributed by atoms with Crippen molar-refractivity contribution < 1.29 is 4.74 Å². The molecule has 2 N–H and O–H groups in total. The zero-order valence-electron chi connectivity index (χ0n) is 7.13. The van der Waals surface area contributed by atoms with Gasteiger partial charge in [0, 0.05) is 12.2 Å². The zero-order valence-corrected chi connectivity index (χ0v) is 7.13. The summed E-state index contributed by atoms with van der Waals surface area (Å²) < 4.78 is 5.34. The van der Waals surface area contributed by atoms with E-state index < -0.39 is 0 Å². The van der Waals surface area contributed by atoms with E-state index in [9.17, 15) is 0 Å². The first kappa shape index (κ1) is 7.76. The van der Waals surface area contributed by atoms with Crippen molar-refractivity contribution in [1.29, 1.82) is 0 Å². The lowest BCUT2D eigenvalue weighted by atomic mass is 10.2. The van der Waals surface area contributed by atoms with E-state index in [1.54, 1.807) is 6.33 Å². The lowest BCUT2D eigenvalue weighted by Crippen LogP contribution is -2.35. The van der Waals surface area contributed by atoms with Crippen LogP contribution in [0.2, 0.25) is 0 Å². The van der Waals surface area contributed by atoms with Gasteiger partial charge in [-0.25, -0.2) is 4.98 Å². The van der Waals surface area contributed by atoms with E-state index in [0.29, 0.717) is 0 Å². The highest BCUT2D eigenvalue weighted by atomic mass is 16.5. The number of hydrogen-bond acceptors (Lipinski definition) is 3. The molecule has 2 heterocycles. The highest BCUT2D eigenvalue weighted by molar-refractivity contribution is 5.14. The van der Waals surface area contributed by atoms with Gasteiger partial charge in [-0.2, -0.15) is 0 Å². The monoisotopic (exact) mass is 167 g/mol. The van der Waals surface area contributed by atoms with Gasteiger partial charge in [-0.3, -0.25) is 0 Å². The molecule has 0 aliphatic carbocycles. The Labute approximate surface area is 71.3 Å². The summed E-state index contributed by atoms with van der Waals surface area (Å²) in [5.74, 6) is 0.